The van der Waals surface area contributed by atoms with Crippen LogP contribution in [-0.4, -0.2) is 47.5 Å². The molecule has 0 fully saturated rings. The first-order chi connectivity index (χ1) is 19.2. The normalized spacial score (nSPS) is 10.5. The Morgan fingerprint density at radius 2 is 1.62 bits per heavy atom. The summed E-state index contributed by atoms with van der Waals surface area (Å²) < 4.78 is 10.6. The lowest BCUT2D eigenvalue weighted by Gasteiger charge is -2.10. The monoisotopic (exact) mass is 549 g/mol. The fourth-order valence-corrected chi connectivity index (χ4v) is 3.28. The molecule has 0 aliphatic rings. The maximum absolute atomic E-state index is 12.4. The number of ether oxygens (including phenoxy) is 2. The molecule has 14 nitrogen and oxygen atoms in total. The van der Waals surface area contributed by atoms with Crippen LogP contribution in [0.3, 0.4) is 0 Å². The number of non-ortho nitro benzene ring substituents is 2. The highest BCUT2D eigenvalue weighted by Gasteiger charge is 2.15. The highest BCUT2D eigenvalue weighted by molar-refractivity contribution is 5.95. The number of rotatable bonds is 12. The molecule has 3 aromatic carbocycles. The number of esters is 1. The van der Waals surface area contributed by atoms with Crippen LogP contribution in [0.2, 0.25) is 0 Å². The molecule has 0 saturated heterocycles. The van der Waals surface area contributed by atoms with Crippen LogP contribution in [0.15, 0.2) is 71.8 Å². The zero-order valence-electron chi connectivity index (χ0n) is 21.1. The van der Waals surface area contributed by atoms with Crippen LogP contribution in [0.1, 0.15) is 39.1 Å². The lowest BCUT2D eigenvalue weighted by atomic mass is 10.2. The number of nitro benzene ring substituents is 2. The summed E-state index contributed by atoms with van der Waals surface area (Å²) in [6.07, 6.45) is 1.73. The van der Waals surface area contributed by atoms with Gasteiger partial charge < -0.3 is 14.8 Å². The molecule has 0 spiro atoms. The van der Waals surface area contributed by atoms with Gasteiger partial charge in [-0.2, -0.15) is 5.10 Å². The first-order valence-corrected chi connectivity index (χ1v) is 11.7. The van der Waals surface area contributed by atoms with Crippen molar-refractivity contribution in [2.45, 2.75) is 12.8 Å². The van der Waals surface area contributed by atoms with Crippen molar-refractivity contribution in [1.29, 1.82) is 0 Å². The average molecular weight is 549 g/mol. The molecule has 0 aliphatic heterocycles. The van der Waals surface area contributed by atoms with Gasteiger partial charge in [0.1, 0.15) is 0 Å². The number of nitrogens with zero attached hydrogens (tertiary/aromatic N) is 3. The van der Waals surface area contributed by atoms with Gasteiger partial charge >= 0.3 is 5.97 Å². The molecule has 2 amide bonds. The lowest BCUT2D eigenvalue weighted by Crippen LogP contribution is -2.26. The van der Waals surface area contributed by atoms with E-state index in [1.54, 1.807) is 6.07 Å². The van der Waals surface area contributed by atoms with Gasteiger partial charge in [-0.1, -0.05) is 6.07 Å². The van der Waals surface area contributed by atoms with Crippen LogP contribution >= 0.6 is 0 Å². The number of nitro groups is 2. The minimum Gasteiger partial charge on any atom is -0.493 e. The van der Waals surface area contributed by atoms with Crippen molar-refractivity contribution in [3.8, 4) is 11.5 Å². The quantitative estimate of drug-likeness (QED) is 0.0850. The SMILES string of the molecule is COc1cc(C=NNC(=O)CCCNC(=O)c2cccc([N+](=O)[O-])c2)ccc1OC(=O)c1ccc([N+](=O)[O-])cc1. The van der Waals surface area contributed by atoms with Gasteiger partial charge in [-0.05, 0) is 48.4 Å². The van der Waals surface area contributed by atoms with Crippen LogP contribution in [-0.2, 0) is 4.79 Å². The molecular weight excluding hydrogens is 526 g/mol. The van der Waals surface area contributed by atoms with Crippen molar-refractivity contribution < 1.29 is 33.7 Å². The molecule has 0 unspecified atom stereocenters. The second kappa shape index (κ2) is 13.8. The molecule has 0 radical (unpaired) electrons. The van der Waals surface area contributed by atoms with Crippen molar-refractivity contribution in [1.82, 2.24) is 10.7 Å². The van der Waals surface area contributed by atoms with E-state index in [2.05, 4.69) is 15.8 Å². The van der Waals surface area contributed by atoms with Gasteiger partial charge in [0, 0.05) is 42.8 Å². The summed E-state index contributed by atoms with van der Waals surface area (Å²) in [5.41, 5.74) is 2.79. The van der Waals surface area contributed by atoms with Crippen molar-refractivity contribution >= 4 is 35.4 Å². The summed E-state index contributed by atoms with van der Waals surface area (Å²) in [4.78, 5) is 56.9. The molecule has 2 N–H and O–H groups in total. The molecule has 3 rings (SSSR count). The molecule has 40 heavy (non-hydrogen) atoms. The minimum absolute atomic E-state index is 0.0629. The number of benzene rings is 3. The van der Waals surface area contributed by atoms with Crippen LogP contribution in [0, 0.1) is 20.2 Å². The Kier molecular flexibility index (Phi) is 9.94. The summed E-state index contributed by atoms with van der Waals surface area (Å²) in [6, 6.07) is 14.8. The van der Waals surface area contributed by atoms with E-state index in [1.807, 2.05) is 0 Å². The molecule has 206 valence electrons. The zero-order valence-corrected chi connectivity index (χ0v) is 21.1. The summed E-state index contributed by atoms with van der Waals surface area (Å²) >= 11 is 0. The highest BCUT2D eigenvalue weighted by Crippen LogP contribution is 2.28. The third-order valence-electron chi connectivity index (χ3n) is 5.29. The second-order valence-electron chi connectivity index (χ2n) is 8.06. The Balaban J connectivity index is 1.46. The van der Waals surface area contributed by atoms with Gasteiger partial charge in [-0.25, -0.2) is 10.2 Å². The second-order valence-corrected chi connectivity index (χ2v) is 8.06. The van der Waals surface area contributed by atoms with E-state index in [1.165, 1.54) is 74.0 Å². The van der Waals surface area contributed by atoms with Crippen LogP contribution in [0.5, 0.6) is 11.5 Å². The predicted octanol–water partition coefficient (Wildman–Crippen LogP) is 3.39. The van der Waals surface area contributed by atoms with E-state index >= 15 is 0 Å². The van der Waals surface area contributed by atoms with Crippen molar-refractivity contribution in [2.24, 2.45) is 5.10 Å². The summed E-state index contributed by atoms with van der Waals surface area (Å²) in [5.74, 6) is -1.30. The molecule has 0 aromatic heterocycles. The summed E-state index contributed by atoms with van der Waals surface area (Å²) in [5, 5.41) is 28.1. The highest BCUT2D eigenvalue weighted by atomic mass is 16.6. The maximum atomic E-state index is 12.4. The Labute approximate surface area is 226 Å². The molecule has 0 atom stereocenters. The Bertz CT molecular complexity index is 1460. The van der Waals surface area contributed by atoms with Crippen LogP contribution in [0.4, 0.5) is 11.4 Å². The van der Waals surface area contributed by atoms with Gasteiger partial charge in [-0.3, -0.25) is 29.8 Å². The van der Waals surface area contributed by atoms with Crippen molar-refractivity contribution in [3.63, 3.8) is 0 Å². The average Bonchev–Trinajstić information content (AvgIpc) is 2.95. The van der Waals surface area contributed by atoms with Crippen LogP contribution < -0.4 is 20.2 Å². The van der Waals surface area contributed by atoms with E-state index in [-0.39, 0.29) is 47.0 Å². The molecular formula is C26H23N5O9. The van der Waals surface area contributed by atoms with Crippen LogP contribution in [0.25, 0.3) is 0 Å². The van der Waals surface area contributed by atoms with E-state index < -0.39 is 27.6 Å². The third-order valence-corrected chi connectivity index (χ3v) is 5.29. The molecule has 0 heterocycles. The number of nitrogens with one attached hydrogen (secondary N) is 2. The molecule has 14 heteroatoms. The molecule has 0 bridgehead atoms. The molecule has 0 saturated carbocycles. The predicted molar refractivity (Wildman–Crippen MR) is 141 cm³/mol. The number of carbonyl (C=O) groups is 3. The van der Waals surface area contributed by atoms with Crippen molar-refractivity contribution in [3.05, 3.63) is 104 Å². The fourth-order valence-electron chi connectivity index (χ4n) is 3.28. The lowest BCUT2D eigenvalue weighted by molar-refractivity contribution is -0.385. The fraction of sp³-hybridized carbons (Fsp3) is 0.154. The molecule has 0 aliphatic carbocycles. The maximum Gasteiger partial charge on any atom is 0.343 e. The van der Waals surface area contributed by atoms with Gasteiger partial charge in [-0.15, -0.1) is 0 Å². The summed E-state index contributed by atoms with van der Waals surface area (Å²) in [7, 11) is 1.37. The van der Waals surface area contributed by atoms with E-state index in [4.69, 9.17) is 9.47 Å². The van der Waals surface area contributed by atoms with E-state index in [0.717, 1.165) is 0 Å². The number of carbonyl (C=O) groups excluding carboxylic acids is 3. The molecule has 3 aromatic rings. The Morgan fingerprint density at radius 1 is 0.900 bits per heavy atom. The van der Waals surface area contributed by atoms with E-state index in [0.29, 0.717) is 12.0 Å². The largest absolute Gasteiger partial charge is 0.493 e. The topological polar surface area (TPSA) is 192 Å². The Morgan fingerprint density at radius 3 is 2.30 bits per heavy atom. The number of amides is 2. The number of hydrogen-bond acceptors (Lipinski definition) is 10. The van der Waals surface area contributed by atoms with Gasteiger partial charge in [0.2, 0.25) is 5.91 Å². The number of methoxy groups -OCH3 is 1. The smallest absolute Gasteiger partial charge is 0.343 e. The minimum atomic E-state index is -0.733. The van der Waals surface area contributed by atoms with Gasteiger partial charge in [0.25, 0.3) is 17.3 Å². The van der Waals surface area contributed by atoms with Gasteiger partial charge in [0.05, 0.1) is 28.7 Å². The Hall–Kier alpha value is -5.66. The van der Waals surface area contributed by atoms with Crippen molar-refractivity contribution in [2.75, 3.05) is 13.7 Å². The number of hydrogen-bond donors (Lipinski definition) is 2. The number of hydrazone groups is 1. The summed E-state index contributed by atoms with van der Waals surface area (Å²) in [6.45, 7) is 0.177. The first-order valence-electron chi connectivity index (χ1n) is 11.7. The van der Waals surface area contributed by atoms with Gasteiger partial charge in [0.15, 0.2) is 11.5 Å². The van der Waals surface area contributed by atoms with E-state index in [9.17, 15) is 34.6 Å². The zero-order chi connectivity index (χ0) is 29.1. The standard InChI is InChI=1S/C26H23N5O9/c1-39-23-14-17(7-12-22(23)40-26(34)18-8-10-20(11-9-18)30(35)36)16-28-29-24(32)6-3-13-27-25(33)19-4-2-5-21(15-19)31(37)38/h2,4-5,7-12,14-16H,3,6,13H2,1H3,(H,27,33)(H,29,32). The first kappa shape index (κ1) is 28.9. The third kappa shape index (κ3) is 8.17.